The summed E-state index contributed by atoms with van der Waals surface area (Å²) in [5.41, 5.74) is 3.45. The van der Waals surface area contributed by atoms with Crippen molar-refractivity contribution in [3.63, 3.8) is 0 Å². The minimum absolute atomic E-state index is 0.241. The van der Waals surface area contributed by atoms with Crippen LogP contribution in [-0.4, -0.2) is 38.8 Å². The van der Waals surface area contributed by atoms with Gasteiger partial charge in [-0.25, -0.2) is 5.84 Å². The fraction of sp³-hybridized carbons (Fsp3) is 0.778. The Bertz CT molecular complexity index is 344. The summed E-state index contributed by atoms with van der Waals surface area (Å²) < 4.78 is 3.85. The molecule has 90 valence electrons. The van der Waals surface area contributed by atoms with Crippen molar-refractivity contribution in [1.29, 1.82) is 0 Å². The van der Waals surface area contributed by atoms with E-state index in [0.717, 1.165) is 23.7 Å². The lowest BCUT2D eigenvalue weighted by Gasteiger charge is -2.33. The molecule has 16 heavy (non-hydrogen) atoms. The molecule has 0 aromatic carbocycles. The molecule has 2 unspecified atom stereocenters. The fourth-order valence-corrected chi connectivity index (χ4v) is 2.38. The van der Waals surface area contributed by atoms with Gasteiger partial charge in [0.25, 0.3) is 0 Å². The van der Waals surface area contributed by atoms with E-state index in [1.54, 1.807) is 0 Å². The molecular formula is C9H17N5OS. The van der Waals surface area contributed by atoms with Crippen LogP contribution in [0.5, 0.6) is 0 Å². The van der Waals surface area contributed by atoms with E-state index < -0.39 is 0 Å². The smallest absolute Gasteiger partial charge is 0.148 e. The molecule has 2 rings (SSSR count). The number of aliphatic hydroxyl groups excluding tert-OH is 1. The van der Waals surface area contributed by atoms with Crippen molar-refractivity contribution >= 4 is 16.5 Å². The monoisotopic (exact) mass is 243 g/mol. The van der Waals surface area contributed by atoms with Crippen LogP contribution in [0.4, 0.5) is 5.00 Å². The summed E-state index contributed by atoms with van der Waals surface area (Å²) in [5.74, 6) is 5.75. The number of β-amino-alcohol motifs (C(OH)–C–C–N with tert-alkyl or cyclic N) is 1. The third-order valence-electron chi connectivity index (χ3n) is 3.06. The second-order valence-electron chi connectivity index (χ2n) is 4.26. The lowest BCUT2D eigenvalue weighted by Crippen LogP contribution is -2.42. The molecule has 4 N–H and O–H groups in total. The summed E-state index contributed by atoms with van der Waals surface area (Å²) in [6.45, 7) is 4.46. The van der Waals surface area contributed by atoms with E-state index in [1.807, 2.05) is 0 Å². The van der Waals surface area contributed by atoms with Crippen LogP contribution in [0.15, 0.2) is 0 Å². The number of nitrogen functional groups attached to an aromatic ring is 1. The maximum absolute atomic E-state index is 9.79. The molecule has 1 saturated heterocycles. The van der Waals surface area contributed by atoms with E-state index in [9.17, 15) is 5.11 Å². The van der Waals surface area contributed by atoms with Gasteiger partial charge in [-0.05, 0) is 18.9 Å². The predicted octanol–water partition coefficient (Wildman–Crippen LogP) is 0.0264. The summed E-state index contributed by atoms with van der Waals surface area (Å²) in [5, 5.41) is 14.6. The maximum atomic E-state index is 9.79. The van der Waals surface area contributed by atoms with Gasteiger partial charge in [0, 0.05) is 24.6 Å². The third-order valence-corrected chi connectivity index (χ3v) is 3.76. The van der Waals surface area contributed by atoms with Gasteiger partial charge in [0.2, 0.25) is 0 Å². The van der Waals surface area contributed by atoms with E-state index in [2.05, 4.69) is 26.8 Å². The molecule has 0 bridgehead atoms. The average molecular weight is 243 g/mol. The van der Waals surface area contributed by atoms with E-state index in [0.29, 0.717) is 19.0 Å². The highest BCUT2D eigenvalue weighted by Crippen LogP contribution is 2.22. The van der Waals surface area contributed by atoms with Gasteiger partial charge in [-0.15, -0.1) is 5.10 Å². The second-order valence-corrected chi connectivity index (χ2v) is 5.02. The van der Waals surface area contributed by atoms with Crippen LogP contribution >= 0.6 is 11.5 Å². The highest BCUT2D eigenvalue weighted by molar-refractivity contribution is 7.10. The Labute approximate surface area is 98.6 Å². The Morgan fingerprint density at radius 2 is 2.50 bits per heavy atom. The summed E-state index contributed by atoms with van der Waals surface area (Å²) in [7, 11) is 0. The van der Waals surface area contributed by atoms with Gasteiger partial charge >= 0.3 is 0 Å². The van der Waals surface area contributed by atoms with Crippen LogP contribution in [0, 0.1) is 5.92 Å². The summed E-state index contributed by atoms with van der Waals surface area (Å²) in [6, 6.07) is 0. The zero-order valence-corrected chi connectivity index (χ0v) is 10.1. The van der Waals surface area contributed by atoms with Crippen LogP contribution in [-0.2, 0) is 6.54 Å². The molecule has 0 spiro atoms. The Kier molecular flexibility index (Phi) is 3.70. The number of nitrogens with one attached hydrogen (secondary N) is 1. The number of hydrazine groups is 1. The SMILES string of the molecule is CC1CCN(Cc2nnsc2NN)CC1O. The molecule has 0 aliphatic carbocycles. The predicted molar refractivity (Wildman–Crippen MR) is 62.8 cm³/mol. The number of anilines is 1. The van der Waals surface area contributed by atoms with E-state index in [1.165, 1.54) is 11.5 Å². The lowest BCUT2D eigenvalue weighted by molar-refractivity contribution is 0.0255. The van der Waals surface area contributed by atoms with Crippen molar-refractivity contribution in [3.8, 4) is 0 Å². The van der Waals surface area contributed by atoms with Crippen molar-refractivity contribution in [2.75, 3.05) is 18.5 Å². The number of aromatic nitrogens is 2. The molecule has 2 heterocycles. The Balaban J connectivity index is 1.95. The molecule has 1 aromatic rings. The standard InChI is InChI=1S/C9H17N5OS/c1-6-2-3-14(5-8(6)15)4-7-9(11-10)16-13-12-7/h6,8,11,15H,2-5,10H2,1H3. The minimum atomic E-state index is -0.241. The van der Waals surface area contributed by atoms with Crippen LogP contribution in [0.2, 0.25) is 0 Å². The maximum Gasteiger partial charge on any atom is 0.148 e. The van der Waals surface area contributed by atoms with Crippen molar-refractivity contribution < 1.29 is 5.11 Å². The van der Waals surface area contributed by atoms with Gasteiger partial charge in [-0.2, -0.15) is 0 Å². The highest BCUT2D eigenvalue weighted by Gasteiger charge is 2.25. The average Bonchev–Trinajstić information content (AvgIpc) is 2.71. The first-order valence-electron chi connectivity index (χ1n) is 5.39. The first-order chi connectivity index (χ1) is 7.70. The Hall–Kier alpha value is -0.760. The molecule has 0 radical (unpaired) electrons. The number of piperidine rings is 1. The van der Waals surface area contributed by atoms with Gasteiger partial charge in [0.1, 0.15) is 10.7 Å². The second kappa shape index (κ2) is 5.05. The summed E-state index contributed by atoms with van der Waals surface area (Å²) in [4.78, 5) is 2.18. The fourth-order valence-electron chi connectivity index (χ4n) is 1.89. The molecular weight excluding hydrogens is 226 g/mol. The largest absolute Gasteiger partial charge is 0.392 e. The van der Waals surface area contributed by atoms with E-state index >= 15 is 0 Å². The number of nitrogens with two attached hydrogens (primary N) is 1. The molecule has 0 amide bonds. The molecule has 1 aliphatic heterocycles. The number of rotatable bonds is 3. The molecule has 7 heteroatoms. The van der Waals surface area contributed by atoms with Crippen molar-refractivity contribution in [2.24, 2.45) is 11.8 Å². The lowest BCUT2D eigenvalue weighted by atomic mass is 9.96. The highest BCUT2D eigenvalue weighted by atomic mass is 32.1. The van der Waals surface area contributed by atoms with Crippen LogP contribution in [0.3, 0.4) is 0 Å². The van der Waals surface area contributed by atoms with Crippen LogP contribution in [0.25, 0.3) is 0 Å². The summed E-state index contributed by atoms with van der Waals surface area (Å²) >= 11 is 1.25. The molecule has 6 nitrogen and oxygen atoms in total. The van der Waals surface area contributed by atoms with Gasteiger partial charge in [-0.1, -0.05) is 11.4 Å². The van der Waals surface area contributed by atoms with E-state index in [4.69, 9.17) is 5.84 Å². The quantitative estimate of drug-likeness (QED) is 0.513. The Morgan fingerprint density at radius 3 is 3.19 bits per heavy atom. The number of nitrogens with zero attached hydrogens (tertiary/aromatic N) is 3. The van der Waals surface area contributed by atoms with Crippen molar-refractivity contribution in [2.45, 2.75) is 26.0 Å². The summed E-state index contributed by atoms with van der Waals surface area (Å²) in [6.07, 6.45) is 0.777. The third kappa shape index (κ3) is 2.49. The topological polar surface area (TPSA) is 87.3 Å². The Morgan fingerprint density at radius 1 is 1.69 bits per heavy atom. The molecule has 1 fully saturated rings. The van der Waals surface area contributed by atoms with E-state index in [-0.39, 0.29) is 6.10 Å². The number of hydrogen-bond acceptors (Lipinski definition) is 7. The van der Waals surface area contributed by atoms with Crippen molar-refractivity contribution in [3.05, 3.63) is 5.69 Å². The number of likely N-dealkylation sites (tertiary alicyclic amines) is 1. The first-order valence-corrected chi connectivity index (χ1v) is 6.16. The van der Waals surface area contributed by atoms with Gasteiger partial charge in [-0.3, -0.25) is 4.90 Å². The number of hydrogen-bond donors (Lipinski definition) is 3. The zero-order valence-electron chi connectivity index (χ0n) is 9.26. The molecule has 1 aliphatic rings. The first kappa shape index (κ1) is 11.7. The van der Waals surface area contributed by atoms with Gasteiger partial charge < -0.3 is 10.5 Å². The van der Waals surface area contributed by atoms with Gasteiger partial charge in [0.15, 0.2) is 0 Å². The molecule has 0 saturated carbocycles. The van der Waals surface area contributed by atoms with Crippen LogP contribution in [0.1, 0.15) is 19.0 Å². The number of aliphatic hydroxyl groups is 1. The molecule has 2 atom stereocenters. The van der Waals surface area contributed by atoms with Crippen LogP contribution < -0.4 is 11.3 Å². The molecule has 1 aromatic heterocycles. The normalized spacial score (nSPS) is 26.9. The van der Waals surface area contributed by atoms with Crippen molar-refractivity contribution in [1.82, 2.24) is 14.5 Å². The van der Waals surface area contributed by atoms with Gasteiger partial charge in [0.05, 0.1) is 6.10 Å². The zero-order chi connectivity index (χ0) is 11.5. The minimum Gasteiger partial charge on any atom is -0.392 e.